The van der Waals surface area contributed by atoms with Crippen molar-refractivity contribution in [1.29, 1.82) is 0 Å². The Balaban J connectivity index is 2.08. The number of ether oxygens (including phenoxy) is 2. The predicted octanol–water partition coefficient (Wildman–Crippen LogP) is 4.18. The van der Waals surface area contributed by atoms with Gasteiger partial charge in [0.1, 0.15) is 6.10 Å². The summed E-state index contributed by atoms with van der Waals surface area (Å²) in [5, 5.41) is 11.0. The van der Waals surface area contributed by atoms with Gasteiger partial charge >= 0.3 is 5.97 Å². The molecule has 0 aromatic heterocycles. The maximum absolute atomic E-state index is 11.8. The molecule has 4 nitrogen and oxygen atoms in total. The van der Waals surface area contributed by atoms with Crippen molar-refractivity contribution in [2.75, 3.05) is 0 Å². The minimum Gasteiger partial charge on any atom is -0.462 e. The van der Waals surface area contributed by atoms with E-state index in [1.807, 2.05) is 13.8 Å². The first-order chi connectivity index (χ1) is 12.0. The van der Waals surface area contributed by atoms with Crippen LogP contribution in [-0.2, 0) is 14.3 Å². The van der Waals surface area contributed by atoms with E-state index < -0.39 is 5.60 Å². The van der Waals surface area contributed by atoms with E-state index in [1.54, 1.807) is 0 Å². The van der Waals surface area contributed by atoms with Crippen molar-refractivity contribution in [3.63, 3.8) is 0 Å². The summed E-state index contributed by atoms with van der Waals surface area (Å²) in [6, 6.07) is 0. The Morgan fingerprint density at radius 2 is 2.04 bits per heavy atom. The van der Waals surface area contributed by atoms with Crippen molar-refractivity contribution >= 4 is 5.97 Å². The molecule has 146 valence electrons. The third-order valence-electron chi connectivity index (χ3n) is 6.78. The Morgan fingerprint density at radius 3 is 2.65 bits per heavy atom. The molecule has 3 rings (SSSR count). The maximum atomic E-state index is 11.8. The number of esters is 1. The second-order valence-corrected chi connectivity index (χ2v) is 9.39. The maximum Gasteiger partial charge on any atom is 0.302 e. The topological polar surface area (TPSA) is 59.1 Å². The Labute approximate surface area is 157 Å². The lowest BCUT2D eigenvalue weighted by molar-refractivity contribution is -0.161. The molecule has 6 unspecified atom stereocenters. The molecule has 4 heteroatoms. The predicted molar refractivity (Wildman–Crippen MR) is 102 cm³/mol. The van der Waals surface area contributed by atoms with Crippen molar-refractivity contribution in [1.82, 2.24) is 0 Å². The van der Waals surface area contributed by atoms with Crippen LogP contribution in [0.2, 0.25) is 0 Å². The molecule has 0 saturated carbocycles. The van der Waals surface area contributed by atoms with Crippen LogP contribution in [0.25, 0.3) is 0 Å². The fraction of sp³-hybridized carbons (Fsp3) is 0.773. The zero-order valence-electron chi connectivity index (χ0n) is 17.0. The second-order valence-electron chi connectivity index (χ2n) is 9.39. The van der Waals surface area contributed by atoms with E-state index in [1.165, 1.54) is 18.1 Å². The molecule has 0 aromatic rings. The molecule has 1 N–H and O–H groups in total. The number of rotatable bonds is 2. The lowest BCUT2D eigenvalue weighted by Crippen LogP contribution is -2.54. The minimum absolute atomic E-state index is 0.0631. The van der Waals surface area contributed by atoms with E-state index in [2.05, 4.69) is 32.9 Å². The lowest BCUT2D eigenvalue weighted by atomic mass is 9.56. The number of hydrogen-bond acceptors (Lipinski definition) is 4. The van der Waals surface area contributed by atoms with Gasteiger partial charge in [-0.15, -0.1) is 0 Å². The van der Waals surface area contributed by atoms with E-state index in [0.29, 0.717) is 0 Å². The molecule has 0 spiro atoms. The van der Waals surface area contributed by atoms with Crippen LogP contribution in [0, 0.1) is 17.3 Å². The largest absolute Gasteiger partial charge is 0.462 e. The number of carbonyl (C=O) groups excluding carboxylic acids is 1. The van der Waals surface area contributed by atoms with Crippen LogP contribution < -0.4 is 0 Å². The van der Waals surface area contributed by atoms with Crippen molar-refractivity contribution in [3.8, 4) is 0 Å². The standard InChI is InChI=1S/C22H34O4/c1-13-7-9-16(21(4,5)24)17-11-14(2)12-19(25-15(3)23)22(17,6)20-18(26-20)10-8-13/h8,11,16-20,24H,7,9-10,12H2,1-6H3/b13-8-. The highest BCUT2D eigenvalue weighted by molar-refractivity contribution is 5.66. The zero-order chi connectivity index (χ0) is 19.3. The van der Waals surface area contributed by atoms with Crippen LogP contribution in [0.15, 0.2) is 23.3 Å². The van der Waals surface area contributed by atoms with Gasteiger partial charge in [-0.2, -0.15) is 0 Å². The molecule has 0 amide bonds. The monoisotopic (exact) mass is 362 g/mol. The highest BCUT2D eigenvalue weighted by Gasteiger charge is 2.62. The average Bonchev–Trinajstić information content (AvgIpc) is 3.27. The number of carbonyl (C=O) groups is 1. The molecular formula is C22H34O4. The summed E-state index contributed by atoms with van der Waals surface area (Å²) in [7, 11) is 0. The fourth-order valence-corrected chi connectivity index (χ4v) is 5.22. The zero-order valence-corrected chi connectivity index (χ0v) is 17.0. The van der Waals surface area contributed by atoms with Gasteiger partial charge in [-0.1, -0.05) is 30.2 Å². The van der Waals surface area contributed by atoms with Gasteiger partial charge in [0, 0.05) is 18.8 Å². The van der Waals surface area contributed by atoms with Crippen molar-refractivity contribution in [3.05, 3.63) is 23.3 Å². The number of hydrogen-bond donors (Lipinski definition) is 1. The Hall–Kier alpha value is -1.13. The van der Waals surface area contributed by atoms with Gasteiger partial charge in [-0.05, 0) is 58.8 Å². The number of allylic oxidation sites excluding steroid dienone is 2. The van der Waals surface area contributed by atoms with Crippen LogP contribution in [0.3, 0.4) is 0 Å². The van der Waals surface area contributed by atoms with Crippen molar-refractivity contribution in [2.45, 2.75) is 91.1 Å². The second kappa shape index (κ2) is 6.79. The summed E-state index contributed by atoms with van der Waals surface area (Å²) < 4.78 is 12.0. The Morgan fingerprint density at radius 1 is 1.35 bits per heavy atom. The summed E-state index contributed by atoms with van der Waals surface area (Å²) in [6.45, 7) is 11.8. The van der Waals surface area contributed by atoms with Gasteiger partial charge in [0.15, 0.2) is 0 Å². The van der Waals surface area contributed by atoms with Gasteiger partial charge in [0.05, 0.1) is 17.8 Å². The number of epoxide rings is 1. The van der Waals surface area contributed by atoms with Gasteiger partial charge < -0.3 is 14.6 Å². The summed E-state index contributed by atoms with van der Waals surface area (Å²) in [5.41, 5.74) is 1.46. The molecule has 1 aliphatic heterocycles. The Bertz CT molecular complexity index is 627. The highest BCUT2D eigenvalue weighted by atomic mass is 16.6. The average molecular weight is 363 g/mol. The van der Waals surface area contributed by atoms with Crippen molar-refractivity contribution < 1.29 is 19.4 Å². The smallest absolute Gasteiger partial charge is 0.302 e. The van der Waals surface area contributed by atoms with Crippen LogP contribution in [0.5, 0.6) is 0 Å². The summed E-state index contributed by atoms with van der Waals surface area (Å²) >= 11 is 0. The normalized spacial score (nSPS) is 42.5. The molecule has 1 saturated heterocycles. The fourth-order valence-electron chi connectivity index (χ4n) is 5.22. The molecule has 1 heterocycles. The molecule has 0 bridgehead atoms. The van der Waals surface area contributed by atoms with E-state index >= 15 is 0 Å². The first-order valence-electron chi connectivity index (χ1n) is 9.91. The van der Waals surface area contributed by atoms with Gasteiger partial charge in [-0.3, -0.25) is 4.79 Å². The molecule has 26 heavy (non-hydrogen) atoms. The molecule has 1 fully saturated rings. The van der Waals surface area contributed by atoms with E-state index in [9.17, 15) is 9.90 Å². The molecular weight excluding hydrogens is 328 g/mol. The highest BCUT2D eigenvalue weighted by Crippen LogP contribution is 2.57. The van der Waals surface area contributed by atoms with Crippen LogP contribution >= 0.6 is 0 Å². The molecule has 2 aliphatic carbocycles. The van der Waals surface area contributed by atoms with Crippen LogP contribution in [-0.4, -0.2) is 35.0 Å². The first-order valence-corrected chi connectivity index (χ1v) is 9.91. The third-order valence-corrected chi connectivity index (χ3v) is 6.78. The van der Waals surface area contributed by atoms with Gasteiger partial charge in [0.25, 0.3) is 0 Å². The number of fused-ring (bicyclic) bond motifs is 3. The van der Waals surface area contributed by atoms with Crippen LogP contribution in [0.4, 0.5) is 0 Å². The first kappa shape index (κ1) is 19.6. The number of aliphatic hydroxyl groups is 1. The van der Waals surface area contributed by atoms with E-state index in [-0.39, 0.29) is 41.5 Å². The third kappa shape index (κ3) is 3.63. The molecule has 3 aliphatic rings. The summed E-state index contributed by atoms with van der Waals surface area (Å²) in [4.78, 5) is 11.8. The SMILES string of the molecule is CC(=O)OC1CC(C)=CC2C(C(C)(C)O)CC/C(C)=C\CC3OC3C12C. The molecule has 0 aromatic carbocycles. The lowest BCUT2D eigenvalue weighted by Gasteiger charge is -2.50. The minimum atomic E-state index is -0.815. The molecule has 6 atom stereocenters. The van der Waals surface area contributed by atoms with Crippen molar-refractivity contribution in [2.24, 2.45) is 17.3 Å². The quantitative estimate of drug-likeness (QED) is 0.455. The van der Waals surface area contributed by atoms with E-state index in [4.69, 9.17) is 9.47 Å². The van der Waals surface area contributed by atoms with E-state index in [0.717, 1.165) is 25.7 Å². The molecule has 0 radical (unpaired) electrons. The summed E-state index contributed by atoms with van der Waals surface area (Å²) in [5.74, 6) is -0.0527. The Kier molecular flexibility index (Phi) is 5.13. The summed E-state index contributed by atoms with van der Waals surface area (Å²) in [6.07, 6.45) is 8.19. The van der Waals surface area contributed by atoms with Gasteiger partial charge in [0.2, 0.25) is 0 Å². The van der Waals surface area contributed by atoms with Gasteiger partial charge in [-0.25, -0.2) is 0 Å². The van der Waals surface area contributed by atoms with Crippen LogP contribution in [0.1, 0.15) is 67.2 Å².